The zero-order chi connectivity index (χ0) is 15.0. The van der Waals surface area contributed by atoms with E-state index in [2.05, 4.69) is 10.1 Å². The first-order valence-corrected chi connectivity index (χ1v) is 7.54. The van der Waals surface area contributed by atoms with Crippen molar-refractivity contribution < 1.29 is 14.1 Å². The maximum atomic E-state index is 12.0. The summed E-state index contributed by atoms with van der Waals surface area (Å²) < 4.78 is 11.1. The van der Waals surface area contributed by atoms with Gasteiger partial charge in [-0.1, -0.05) is 5.16 Å². The van der Waals surface area contributed by atoms with Crippen molar-refractivity contribution in [2.75, 3.05) is 27.2 Å². The summed E-state index contributed by atoms with van der Waals surface area (Å²) in [6.45, 7) is 4.59. The zero-order valence-electron chi connectivity index (χ0n) is 12.9. The molecule has 0 unspecified atom stereocenters. The van der Waals surface area contributed by atoms with E-state index in [-0.39, 0.29) is 18.1 Å². The SMILES string of the molecule is Cc1cc(CN2CC[C@@H]3C[C@@H](C(=O)N(C)C)O[C@H]3C2)no1. The van der Waals surface area contributed by atoms with E-state index in [1.165, 1.54) is 0 Å². The van der Waals surface area contributed by atoms with Crippen molar-refractivity contribution in [1.29, 1.82) is 0 Å². The van der Waals surface area contributed by atoms with Crippen LogP contribution in [-0.2, 0) is 16.1 Å². The smallest absolute Gasteiger partial charge is 0.251 e. The Kier molecular flexibility index (Phi) is 3.99. The summed E-state index contributed by atoms with van der Waals surface area (Å²) in [4.78, 5) is 16.0. The number of carbonyl (C=O) groups excluding carboxylic acids is 1. The summed E-state index contributed by atoms with van der Waals surface area (Å²) in [6, 6.07) is 1.97. The van der Waals surface area contributed by atoms with Crippen molar-refractivity contribution >= 4 is 5.91 Å². The highest BCUT2D eigenvalue weighted by molar-refractivity contribution is 5.80. The Morgan fingerprint density at radius 1 is 1.52 bits per heavy atom. The topological polar surface area (TPSA) is 58.8 Å². The first-order valence-electron chi connectivity index (χ1n) is 7.54. The first-order chi connectivity index (χ1) is 10.0. The average molecular weight is 293 g/mol. The van der Waals surface area contributed by atoms with Gasteiger partial charge in [0.1, 0.15) is 11.9 Å². The van der Waals surface area contributed by atoms with Gasteiger partial charge in [0, 0.05) is 33.3 Å². The number of likely N-dealkylation sites (tertiary alicyclic amines) is 1. The standard InChI is InChI=1S/C15H23N3O3/c1-10-6-12(16-21-10)8-18-5-4-11-7-13(15(19)17(2)3)20-14(11)9-18/h6,11,13-14H,4-5,7-9H2,1-3H3/t11-,13+,14+/m1/s1. The van der Waals surface area contributed by atoms with E-state index in [1.54, 1.807) is 19.0 Å². The third-order valence-electron chi connectivity index (χ3n) is 4.41. The third kappa shape index (κ3) is 3.11. The van der Waals surface area contributed by atoms with Gasteiger partial charge in [-0.05, 0) is 32.2 Å². The number of carbonyl (C=O) groups is 1. The monoisotopic (exact) mass is 293 g/mol. The van der Waals surface area contributed by atoms with Crippen molar-refractivity contribution in [3.8, 4) is 0 Å². The molecule has 0 saturated carbocycles. The van der Waals surface area contributed by atoms with Crippen molar-refractivity contribution in [2.24, 2.45) is 5.92 Å². The van der Waals surface area contributed by atoms with Gasteiger partial charge in [-0.2, -0.15) is 0 Å². The van der Waals surface area contributed by atoms with E-state index < -0.39 is 0 Å². The molecule has 6 heteroatoms. The van der Waals surface area contributed by atoms with Gasteiger partial charge in [0.2, 0.25) is 0 Å². The van der Waals surface area contributed by atoms with Crippen molar-refractivity contribution in [1.82, 2.24) is 15.0 Å². The van der Waals surface area contributed by atoms with Crippen LogP contribution in [0.15, 0.2) is 10.6 Å². The van der Waals surface area contributed by atoms with Crippen LogP contribution in [0.2, 0.25) is 0 Å². The largest absolute Gasteiger partial charge is 0.364 e. The van der Waals surface area contributed by atoms with Crippen LogP contribution in [-0.4, -0.2) is 60.3 Å². The van der Waals surface area contributed by atoms with Crippen LogP contribution in [0.1, 0.15) is 24.3 Å². The van der Waals surface area contributed by atoms with Crippen LogP contribution in [0.25, 0.3) is 0 Å². The number of hydrogen-bond donors (Lipinski definition) is 0. The van der Waals surface area contributed by atoms with Crippen LogP contribution in [0.5, 0.6) is 0 Å². The van der Waals surface area contributed by atoms with Crippen LogP contribution < -0.4 is 0 Å². The van der Waals surface area contributed by atoms with Gasteiger partial charge in [-0.3, -0.25) is 9.69 Å². The minimum absolute atomic E-state index is 0.0862. The van der Waals surface area contributed by atoms with Gasteiger partial charge >= 0.3 is 0 Å². The quantitative estimate of drug-likeness (QED) is 0.834. The number of fused-ring (bicyclic) bond motifs is 1. The number of rotatable bonds is 3. The Balaban J connectivity index is 1.57. The highest BCUT2D eigenvalue weighted by atomic mass is 16.5. The molecule has 0 N–H and O–H groups in total. The van der Waals surface area contributed by atoms with E-state index in [9.17, 15) is 4.79 Å². The molecule has 2 aliphatic heterocycles. The van der Waals surface area contributed by atoms with Crippen molar-refractivity contribution in [2.45, 2.75) is 38.5 Å². The molecule has 21 heavy (non-hydrogen) atoms. The Morgan fingerprint density at radius 3 is 3.00 bits per heavy atom. The van der Waals surface area contributed by atoms with Gasteiger partial charge in [-0.25, -0.2) is 0 Å². The normalized spacial score (nSPS) is 29.4. The fourth-order valence-electron chi connectivity index (χ4n) is 3.31. The van der Waals surface area contributed by atoms with Gasteiger partial charge in [-0.15, -0.1) is 0 Å². The molecule has 0 aliphatic carbocycles. The summed E-state index contributed by atoms with van der Waals surface area (Å²) in [6.07, 6.45) is 1.85. The lowest BCUT2D eigenvalue weighted by Gasteiger charge is -2.33. The maximum Gasteiger partial charge on any atom is 0.251 e. The van der Waals surface area contributed by atoms with Gasteiger partial charge in [0.05, 0.1) is 11.8 Å². The molecule has 0 aromatic carbocycles. The Hall–Kier alpha value is -1.40. The Morgan fingerprint density at radius 2 is 2.33 bits per heavy atom. The Bertz CT molecular complexity index is 514. The second kappa shape index (κ2) is 5.77. The van der Waals surface area contributed by atoms with Crippen molar-refractivity contribution in [3.63, 3.8) is 0 Å². The highest BCUT2D eigenvalue weighted by Gasteiger charge is 2.42. The maximum absolute atomic E-state index is 12.0. The molecule has 1 aromatic rings. The minimum atomic E-state index is -0.260. The number of hydrogen-bond acceptors (Lipinski definition) is 5. The lowest BCUT2D eigenvalue weighted by molar-refractivity contribution is -0.141. The van der Waals surface area contributed by atoms with Crippen LogP contribution in [0.4, 0.5) is 0 Å². The molecule has 3 atom stereocenters. The fourth-order valence-corrected chi connectivity index (χ4v) is 3.31. The lowest BCUT2D eigenvalue weighted by atomic mass is 9.91. The van der Waals surface area contributed by atoms with Gasteiger partial charge < -0.3 is 14.2 Å². The van der Waals surface area contributed by atoms with E-state index in [1.807, 2.05) is 13.0 Å². The minimum Gasteiger partial charge on any atom is -0.364 e. The van der Waals surface area contributed by atoms with E-state index in [4.69, 9.17) is 9.26 Å². The number of aromatic nitrogens is 1. The van der Waals surface area contributed by atoms with Crippen LogP contribution in [0, 0.1) is 12.8 Å². The average Bonchev–Trinajstić information content (AvgIpc) is 3.03. The number of ether oxygens (including phenoxy) is 1. The van der Waals surface area contributed by atoms with E-state index in [0.717, 1.165) is 43.9 Å². The fraction of sp³-hybridized carbons (Fsp3) is 0.733. The molecule has 3 rings (SSSR count). The molecule has 1 aromatic heterocycles. The van der Waals surface area contributed by atoms with Crippen LogP contribution >= 0.6 is 0 Å². The number of amides is 1. The molecule has 3 heterocycles. The number of nitrogens with zero attached hydrogens (tertiary/aromatic N) is 3. The molecule has 0 radical (unpaired) electrons. The molecule has 2 saturated heterocycles. The van der Waals surface area contributed by atoms with Gasteiger partial charge in [0.25, 0.3) is 5.91 Å². The zero-order valence-corrected chi connectivity index (χ0v) is 12.9. The summed E-state index contributed by atoms with van der Waals surface area (Å²) in [5.41, 5.74) is 0.963. The van der Waals surface area contributed by atoms with E-state index in [0.29, 0.717) is 5.92 Å². The predicted molar refractivity (Wildman–Crippen MR) is 76.6 cm³/mol. The molecule has 2 fully saturated rings. The van der Waals surface area contributed by atoms with Gasteiger partial charge in [0.15, 0.2) is 0 Å². The third-order valence-corrected chi connectivity index (χ3v) is 4.41. The predicted octanol–water partition coefficient (Wildman–Crippen LogP) is 1.05. The lowest BCUT2D eigenvalue weighted by Crippen LogP contribution is -2.42. The highest BCUT2D eigenvalue weighted by Crippen LogP contribution is 2.34. The molecular formula is C15H23N3O3. The number of likely N-dealkylation sites (N-methyl/N-ethyl adjacent to an activating group) is 1. The molecule has 6 nitrogen and oxygen atoms in total. The summed E-state index contributed by atoms with van der Waals surface area (Å²) in [5.74, 6) is 1.44. The molecule has 0 bridgehead atoms. The first kappa shape index (κ1) is 14.5. The van der Waals surface area contributed by atoms with Crippen LogP contribution in [0.3, 0.4) is 0 Å². The summed E-state index contributed by atoms with van der Waals surface area (Å²) in [5, 5.41) is 4.04. The molecular weight excluding hydrogens is 270 g/mol. The Labute approximate surface area is 125 Å². The number of aryl methyl sites for hydroxylation is 1. The van der Waals surface area contributed by atoms with Crippen molar-refractivity contribution in [3.05, 3.63) is 17.5 Å². The summed E-state index contributed by atoms with van der Waals surface area (Å²) >= 11 is 0. The molecule has 116 valence electrons. The molecule has 0 spiro atoms. The molecule has 2 aliphatic rings. The molecule has 1 amide bonds. The second-order valence-electron chi connectivity index (χ2n) is 6.34. The van der Waals surface area contributed by atoms with E-state index >= 15 is 0 Å². The summed E-state index contributed by atoms with van der Waals surface area (Å²) in [7, 11) is 3.57. The second-order valence-corrected chi connectivity index (χ2v) is 6.34. The number of piperidine rings is 1.